The summed E-state index contributed by atoms with van der Waals surface area (Å²) in [5, 5.41) is 5.27. The van der Waals surface area contributed by atoms with Crippen LogP contribution in [-0.2, 0) is 0 Å². The van der Waals surface area contributed by atoms with Crippen molar-refractivity contribution >= 4 is 47.8 Å². The van der Waals surface area contributed by atoms with Crippen molar-refractivity contribution in [1.29, 1.82) is 0 Å². The number of halogens is 5. The number of rotatable bonds is 3. The third kappa shape index (κ3) is 4.56. The SMILES string of the molecule is Cl.Cl.Fc1cc(Cl)cc(F)c1[C@@H](c1cccs1)N1CCNCC1. The van der Waals surface area contributed by atoms with Crippen molar-refractivity contribution in [1.82, 2.24) is 10.2 Å². The molecule has 3 rings (SSSR count). The van der Waals surface area contributed by atoms with Gasteiger partial charge in [-0.05, 0) is 23.6 Å². The van der Waals surface area contributed by atoms with Gasteiger partial charge in [0.2, 0.25) is 0 Å². The lowest BCUT2D eigenvalue weighted by Crippen LogP contribution is -2.45. The van der Waals surface area contributed by atoms with E-state index in [1.54, 1.807) is 0 Å². The first-order valence-electron chi connectivity index (χ1n) is 6.79. The number of hydrogen-bond acceptors (Lipinski definition) is 3. The summed E-state index contributed by atoms with van der Waals surface area (Å²) >= 11 is 7.25. The van der Waals surface area contributed by atoms with Gasteiger partial charge in [-0.15, -0.1) is 36.2 Å². The van der Waals surface area contributed by atoms with Crippen LogP contribution in [0.2, 0.25) is 5.02 Å². The summed E-state index contributed by atoms with van der Waals surface area (Å²) in [4.78, 5) is 3.05. The van der Waals surface area contributed by atoms with Gasteiger partial charge in [0, 0.05) is 41.6 Å². The van der Waals surface area contributed by atoms with Crippen LogP contribution in [0, 0.1) is 11.6 Å². The number of hydrogen-bond donors (Lipinski definition) is 1. The van der Waals surface area contributed by atoms with Crippen molar-refractivity contribution in [3.8, 4) is 0 Å². The molecule has 1 atom stereocenters. The molecule has 2 nitrogen and oxygen atoms in total. The summed E-state index contributed by atoms with van der Waals surface area (Å²) in [5.74, 6) is -1.17. The number of piperazine rings is 1. The third-order valence-electron chi connectivity index (χ3n) is 3.65. The van der Waals surface area contributed by atoms with E-state index >= 15 is 0 Å². The van der Waals surface area contributed by atoms with E-state index < -0.39 is 17.7 Å². The van der Waals surface area contributed by atoms with Crippen LogP contribution in [0.1, 0.15) is 16.5 Å². The van der Waals surface area contributed by atoms with Gasteiger partial charge in [-0.25, -0.2) is 8.78 Å². The van der Waals surface area contributed by atoms with Crippen LogP contribution in [-0.4, -0.2) is 31.1 Å². The van der Waals surface area contributed by atoms with Crippen LogP contribution in [0.15, 0.2) is 29.6 Å². The average Bonchev–Trinajstić information content (AvgIpc) is 2.97. The topological polar surface area (TPSA) is 15.3 Å². The summed E-state index contributed by atoms with van der Waals surface area (Å²) in [6.45, 7) is 3.14. The summed E-state index contributed by atoms with van der Waals surface area (Å²) in [6.07, 6.45) is 0. The minimum Gasteiger partial charge on any atom is -0.314 e. The van der Waals surface area contributed by atoms with Gasteiger partial charge in [0.1, 0.15) is 11.6 Å². The van der Waals surface area contributed by atoms with E-state index in [-0.39, 0.29) is 35.4 Å². The van der Waals surface area contributed by atoms with Gasteiger partial charge in [-0.1, -0.05) is 17.7 Å². The molecule has 0 saturated carbocycles. The molecule has 2 heterocycles. The molecule has 0 radical (unpaired) electrons. The molecule has 1 saturated heterocycles. The van der Waals surface area contributed by atoms with Gasteiger partial charge in [0.15, 0.2) is 0 Å². The van der Waals surface area contributed by atoms with Gasteiger partial charge in [-0.2, -0.15) is 0 Å². The fourth-order valence-electron chi connectivity index (χ4n) is 2.71. The van der Waals surface area contributed by atoms with Crippen molar-refractivity contribution in [2.75, 3.05) is 26.2 Å². The molecule has 0 amide bonds. The van der Waals surface area contributed by atoms with E-state index in [2.05, 4.69) is 10.2 Å². The van der Waals surface area contributed by atoms with Crippen molar-refractivity contribution in [2.24, 2.45) is 0 Å². The van der Waals surface area contributed by atoms with Crippen LogP contribution >= 0.6 is 47.8 Å². The number of nitrogens with zero attached hydrogens (tertiary/aromatic N) is 1. The Morgan fingerprint density at radius 2 is 1.74 bits per heavy atom. The second kappa shape index (κ2) is 9.16. The Kier molecular flexibility index (Phi) is 8.21. The van der Waals surface area contributed by atoms with Crippen molar-refractivity contribution in [3.05, 3.63) is 56.7 Å². The van der Waals surface area contributed by atoms with E-state index in [1.165, 1.54) is 23.5 Å². The molecule has 8 heteroatoms. The summed E-state index contributed by atoms with van der Waals surface area (Å²) in [6, 6.07) is 5.79. The third-order valence-corrected chi connectivity index (χ3v) is 4.79. The Balaban J connectivity index is 0.00000132. The molecule has 2 aromatic rings. The average molecular weight is 402 g/mol. The van der Waals surface area contributed by atoms with Gasteiger partial charge < -0.3 is 5.32 Å². The zero-order valence-corrected chi connectivity index (χ0v) is 15.3. The molecular weight excluding hydrogens is 385 g/mol. The van der Waals surface area contributed by atoms with E-state index in [1.807, 2.05) is 17.5 Å². The summed E-state index contributed by atoms with van der Waals surface area (Å²) < 4.78 is 28.7. The molecule has 1 aromatic carbocycles. The minimum absolute atomic E-state index is 0. The largest absolute Gasteiger partial charge is 0.314 e. The maximum atomic E-state index is 14.3. The maximum absolute atomic E-state index is 14.3. The lowest BCUT2D eigenvalue weighted by atomic mass is 10.0. The molecule has 1 fully saturated rings. The zero-order valence-electron chi connectivity index (χ0n) is 12.1. The van der Waals surface area contributed by atoms with Gasteiger partial charge in [0.05, 0.1) is 6.04 Å². The Morgan fingerprint density at radius 1 is 1.13 bits per heavy atom. The highest BCUT2D eigenvalue weighted by Gasteiger charge is 2.29. The Bertz CT molecular complexity index is 596. The maximum Gasteiger partial charge on any atom is 0.132 e. The minimum atomic E-state index is -0.586. The van der Waals surface area contributed by atoms with Crippen LogP contribution in [0.5, 0.6) is 0 Å². The monoisotopic (exact) mass is 400 g/mol. The quantitative estimate of drug-likeness (QED) is 0.813. The molecule has 128 valence electrons. The molecule has 0 spiro atoms. The second-order valence-electron chi connectivity index (χ2n) is 4.99. The second-order valence-corrected chi connectivity index (χ2v) is 6.40. The zero-order chi connectivity index (χ0) is 14.8. The predicted octanol–water partition coefficient (Wildman–Crippen LogP) is 4.52. The van der Waals surface area contributed by atoms with E-state index in [4.69, 9.17) is 11.6 Å². The number of benzene rings is 1. The molecule has 1 aliphatic rings. The lowest BCUT2D eigenvalue weighted by Gasteiger charge is -2.35. The fourth-order valence-corrected chi connectivity index (χ4v) is 3.77. The van der Waals surface area contributed by atoms with Crippen molar-refractivity contribution in [3.63, 3.8) is 0 Å². The van der Waals surface area contributed by atoms with Crippen LogP contribution in [0.3, 0.4) is 0 Å². The fraction of sp³-hybridized carbons (Fsp3) is 0.333. The molecule has 23 heavy (non-hydrogen) atoms. The molecular formula is C15H17Cl3F2N2S. The first-order chi connectivity index (χ1) is 10.2. The predicted molar refractivity (Wildman–Crippen MR) is 96.5 cm³/mol. The van der Waals surface area contributed by atoms with E-state index in [9.17, 15) is 8.78 Å². The van der Waals surface area contributed by atoms with Gasteiger partial charge in [0.25, 0.3) is 0 Å². The summed E-state index contributed by atoms with van der Waals surface area (Å²) in [5.41, 5.74) is 0.0868. The van der Waals surface area contributed by atoms with Gasteiger partial charge >= 0.3 is 0 Å². The van der Waals surface area contributed by atoms with Gasteiger partial charge in [-0.3, -0.25) is 4.90 Å². The Morgan fingerprint density at radius 3 is 2.26 bits per heavy atom. The van der Waals surface area contributed by atoms with E-state index in [0.29, 0.717) is 0 Å². The molecule has 0 aliphatic carbocycles. The van der Waals surface area contributed by atoms with E-state index in [0.717, 1.165) is 31.1 Å². The molecule has 0 bridgehead atoms. The standard InChI is InChI=1S/C15H15ClF2N2S.2ClH/c16-10-8-11(17)14(12(18)9-10)15(13-2-1-7-21-13)20-5-3-19-4-6-20;;/h1-2,7-9,15,19H,3-6H2;2*1H/t15-;;/m1../s1. The molecule has 1 aromatic heterocycles. The first kappa shape index (κ1) is 20.6. The van der Waals surface area contributed by atoms with Crippen molar-refractivity contribution < 1.29 is 8.78 Å². The summed E-state index contributed by atoms with van der Waals surface area (Å²) in [7, 11) is 0. The highest BCUT2D eigenvalue weighted by Crippen LogP contribution is 2.36. The molecule has 0 unspecified atom stereocenters. The lowest BCUT2D eigenvalue weighted by molar-refractivity contribution is 0.194. The Labute approximate surface area is 155 Å². The normalized spacial score (nSPS) is 16.3. The number of nitrogens with one attached hydrogen (secondary N) is 1. The highest BCUT2D eigenvalue weighted by molar-refractivity contribution is 7.10. The smallest absolute Gasteiger partial charge is 0.132 e. The van der Waals surface area contributed by atoms with Crippen LogP contribution in [0.4, 0.5) is 8.78 Å². The molecule has 1 N–H and O–H groups in total. The highest BCUT2D eigenvalue weighted by atomic mass is 35.5. The first-order valence-corrected chi connectivity index (χ1v) is 8.05. The van der Waals surface area contributed by atoms with Crippen LogP contribution in [0.25, 0.3) is 0 Å². The Hall–Kier alpha value is -0.430. The van der Waals surface area contributed by atoms with Crippen LogP contribution < -0.4 is 5.32 Å². The molecule has 1 aliphatic heterocycles. The van der Waals surface area contributed by atoms with Crippen molar-refractivity contribution in [2.45, 2.75) is 6.04 Å². The number of thiophene rings is 1.